The fraction of sp³-hybridized carbons (Fsp3) is 0.176. The molecule has 23 heavy (non-hydrogen) atoms. The number of thiocarbonyl (C=S) groups is 1. The molecule has 0 saturated heterocycles. The lowest BCUT2D eigenvalue weighted by molar-refractivity contribution is 0.0601. The number of halogens is 1. The number of anilines is 1. The largest absolute Gasteiger partial charge is 0.465 e. The number of benzene rings is 2. The summed E-state index contributed by atoms with van der Waals surface area (Å²) < 4.78 is 17.8. The van der Waals surface area contributed by atoms with Gasteiger partial charge in [0.2, 0.25) is 0 Å². The van der Waals surface area contributed by atoms with Crippen molar-refractivity contribution in [3.8, 4) is 0 Å². The average Bonchev–Trinajstić information content (AvgIpc) is 2.54. The molecule has 4 nitrogen and oxygen atoms in total. The smallest absolute Gasteiger partial charge is 0.337 e. The third-order valence-corrected chi connectivity index (χ3v) is 3.50. The Balaban J connectivity index is 2.01. The molecule has 0 aromatic heterocycles. The summed E-state index contributed by atoms with van der Waals surface area (Å²) in [6.45, 7) is 2.30. The highest BCUT2D eigenvalue weighted by Crippen LogP contribution is 2.17. The van der Waals surface area contributed by atoms with Crippen LogP contribution in [0.25, 0.3) is 0 Å². The molecule has 6 heteroatoms. The molecule has 0 bridgehead atoms. The van der Waals surface area contributed by atoms with Crippen molar-refractivity contribution in [2.45, 2.75) is 13.5 Å². The van der Waals surface area contributed by atoms with E-state index >= 15 is 0 Å². The first-order valence-electron chi connectivity index (χ1n) is 6.98. The van der Waals surface area contributed by atoms with Gasteiger partial charge in [-0.15, -0.1) is 0 Å². The highest BCUT2D eigenvalue weighted by atomic mass is 32.1. The number of aryl methyl sites for hydroxylation is 1. The Kier molecular flexibility index (Phi) is 5.65. The van der Waals surface area contributed by atoms with Crippen LogP contribution in [0.1, 0.15) is 21.5 Å². The third-order valence-electron chi connectivity index (χ3n) is 3.25. The van der Waals surface area contributed by atoms with Crippen molar-refractivity contribution in [3.05, 3.63) is 65.0 Å². The van der Waals surface area contributed by atoms with Crippen molar-refractivity contribution in [1.82, 2.24) is 5.32 Å². The Morgan fingerprint density at radius 3 is 2.74 bits per heavy atom. The molecular weight excluding hydrogens is 315 g/mol. The molecule has 0 spiro atoms. The Morgan fingerprint density at radius 2 is 2.04 bits per heavy atom. The van der Waals surface area contributed by atoms with Crippen LogP contribution in [-0.4, -0.2) is 18.2 Å². The monoisotopic (exact) mass is 332 g/mol. The molecule has 2 aromatic rings. The first-order valence-corrected chi connectivity index (χ1v) is 7.38. The van der Waals surface area contributed by atoms with Crippen LogP contribution in [0.5, 0.6) is 0 Å². The molecule has 0 radical (unpaired) electrons. The fourth-order valence-corrected chi connectivity index (χ4v) is 2.18. The summed E-state index contributed by atoms with van der Waals surface area (Å²) in [6, 6.07) is 11.5. The summed E-state index contributed by atoms with van der Waals surface area (Å²) in [5.74, 6) is -0.698. The predicted molar refractivity (Wildman–Crippen MR) is 92.0 cm³/mol. The maximum Gasteiger partial charge on any atom is 0.337 e. The fourth-order valence-electron chi connectivity index (χ4n) is 2.00. The molecule has 0 saturated carbocycles. The van der Waals surface area contributed by atoms with Crippen molar-refractivity contribution in [3.63, 3.8) is 0 Å². The number of hydrogen-bond acceptors (Lipinski definition) is 3. The lowest BCUT2D eigenvalue weighted by Crippen LogP contribution is -2.28. The lowest BCUT2D eigenvalue weighted by atomic mass is 10.1. The molecule has 0 fully saturated rings. The molecule has 0 aliphatic rings. The van der Waals surface area contributed by atoms with Gasteiger partial charge in [0.1, 0.15) is 5.82 Å². The molecule has 0 unspecified atom stereocenters. The summed E-state index contributed by atoms with van der Waals surface area (Å²) in [5, 5.41) is 6.42. The van der Waals surface area contributed by atoms with E-state index < -0.39 is 5.97 Å². The normalized spacial score (nSPS) is 10.0. The van der Waals surface area contributed by atoms with Crippen LogP contribution in [0, 0.1) is 12.7 Å². The maximum absolute atomic E-state index is 13.1. The van der Waals surface area contributed by atoms with Gasteiger partial charge in [0.05, 0.1) is 12.7 Å². The van der Waals surface area contributed by atoms with Crippen molar-refractivity contribution in [2.75, 3.05) is 12.4 Å². The second kappa shape index (κ2) is 7.69. The third kappa shape index (κ3) is 4.75. The maximum atomic E-state index is 13.1. The van der Waals surface area contributed by atoms with E-state index in [1.807, 2.05) is 19.1 Å². The average molecular weight is 332 g/mol. The molecule has 0 atom stereocenters. The number of carbonyl (C=O) groups excluding carboxylic acids is 1. The zero-order chi connectivity index (χ0) is 16.8. The van der Waals surface area contributed by atoms with E-state index in [9.17, 15) is 9.18 Å². The highest BCUT2D eigenvalue weighted by molar-refractivity contribution is 7.80. The minimum Gasteiger partial charge on any atom is -0.465 e. The first-order chi connectivity index (χ1) is 11.0. The van der Waals surface area contributed by atoms with Gasteiger partial charge in [0.25, 0.3) is 0 Å². The molecule has 0 aliphatic carbocycles. The predicted octanol–water partition coefficient (Wildman–Crippen LogP) is 3.41. The minimum atomic E-state index is -0.410. The van der Waals surface area contributed by atoms with E-state index in [-0.39, 0.29) is 5.82 Å². The zero-order valence-electron chi connectivity index (χ0n) is 12.9. The number of rotatable bonds is 4. The van der Waals surface area contributed by atoms with E-state index in [2.05, 4.69) is 10.6 Å². The highest BCUT2D eigenvalue weighted by Gasteiger charge is 2.09. The van der Waals surface area contributed by atoms with Gasteiger partial charge in [-0.3, -0.25) is 0 Å². The SMILES string of the molecule is COC(=O)c1ccc(C)c(NC(=S)NCc2cccc(F)c2)c1. The van der Waals surface area contributed by atoms with E-state index in [0.29, 0.717) is 22.9 Å². The Bertz CT molecular complexity index is 734. The Hall–Kier alpha value is -2.47. The van der Waals surface area contributed by atoms with Gasteiger partial charge in [0.15, 0.2) is 5.11 Å². The van der Waals surface area contributed by atoms with Gasteiger partial charge in [0, 0.05) is 12.2 Å². The molecule has 2 aromatic carbocycles. The number of nitrogens with one attached hydrogen (secondary N) is 2. The second-order valence-corrected chi connectivity index (χ2v) is 5.37. The summed E-state index contributed by atoms with van der Waals surface area (Å²) in [4.78, 5) is 11.6. The van der Waals surface area contributed by atoms with Crippen LogP contribution in [0.15, 0.2) is 42.5 Å². The number of ether oxygens (including phenoxy) is 1. The van der Waals surface area contributed by atoms with Crippen LogP contribution in [0.2, 0.25) is 0 Å². The van der Waals surface area contributed by atoms with Gasteiger partial charge < -0.3 is 15.4 Å². The summed E-state index contributed by atoms with van der Waals surface area (Å²) in [6.07, 6.45) is 0. The van der Waals surface area contributed by atoms with Crippen LogP contribution < -0.4 is 10.6 Å². The van der Waals surface area contributed by atoms with Gasteiger partial charge in [-0.25, -0.2) is 9.18 Å². The number of hydrogen-bond donors (Lipinski definition) is 2. The van der Waals surface area contributed by atoms with Crippen molar-refractivity contribution in [2.24, 2.45) is 0 Å². The standard InChI is InChI=1S/C17H17FN2O2S/c1-11-6-7-13(16(21)22-2)9-15(11)20-17(23)19-10-12-4-3-5-14(18)8-12/h3-9H,10H2,1-2H3,(H2,19,20,23). The number of methoxy groups -OCH3 is 1. The van der Waals surface area contributed by atoms with Crippen LogP contribution >= 0.6 is 12.2 Å². The van der Waals surface area contributed by atoms with Crippen LogP contribution in [0.3, 0.4) is 0 Å². The number of carbonyl (C=O) groups is 1. The summed E-state index contributed by atoms with van der Waals surface area (Å²) in [7, 11) is 1.33. The molecule has 0 aliphatic heterocycles. The van der Waals surface area contributed by atoms with E-state index in [4.69, 9.17) is 17.0 Å². The van der Waals surface area contributed by atoms with Gasteiger partial charge in [-0.2, -0.15) is 0 Å². The minimum absolute atomic E-state index is 0.287. The summed E-state index contributed by atoms with van der Waals surface area (Å²) in [5.41, 5.74) is 2.87. The van der Waals surface area contributed by atoms with Gasteiger partial charge in [-0.05, 0) is 54.5 Å². The van der Waals surface area contributed by atoms with E-state index in [1.165, 1.54) is 19.2 Å². The second-order valence-electron chi connectivity index (χ2n) is 4.96. The summed E-state index contributed by atoms with van der Waals surface area (Å²) >= 11 is 5.23. The quantitative estimate of drug-likeness (QED) is 0.664. The lowest BCUT2D eigenvalue weighted by Gasteiger charge is -2.13. The van der Waals surface area contributed by atoms with Crippen LogP contribution in [0.4, 0.5) is 10.1 Å². The molecule has 2 N–H and O–H groups in total. The molecule has 0 heterocycles. The zero-order valence-corrected chi connectivity index (χ0v) is 13.7. The topological polar surface area (TPSA) is 50.4 Å². The van der Waals surface area contributed by atoms with E-state index in [1.54, 1.807) is 18.2 Å². The first kappa shape index (κ1) is 16.9. The number of esters is 1. The molecule has 0 amide bonds. The van der Waals surface area contributed by atoms with Crippen molar-refractivity contribution in [1.29, 1.82) is 0 Å². The van der Waals surface area contributed by atoms with Gasteiger partial charge >= 0.3 is 5.97 Å². The van der Waals surface area contributed by atoms with Crippen molar-refractivity contribution < 1.29 is 13.9 Å². The molecule has 120 valence electrons. The van der Waals surface area contributed by atoms with E-state index in [0.717, 1.165) is 11.1 Å². The van der Waals surface area contributed by atoms with Crippen molar-refractivity contribution >= 4 is 29.0 Å². The Labute approximate surface area is 139 Å². The molecular formula is C17H17FN2O2S. The van der Waals surface area contributed by atoms with Gasteiger partial charge in [-0.1, -0.05) is 18.2 Å². The molecule has 2 rings (SSSR count). The Morgan fingerprint density at radius 1 is 1.26 bits per heavy atom. The van der Waals surface area contributed by atoms with Crippen LogP contribution in [-0.2, 0) is 11.3 Å².